The highest BCUT2D eigenvalue weighted by atomic mass is 16.6. The maximum Gasteiger partial charge on any atom is 0.222 e. The largest absolute Gasteiger partial charge is 0.326 e. The molecule has 0 fully saturated rings. The van der Waals surface area contributed by atoms with Crippen LogP contribution in [0.4, 0.5) is 0 Å². The predicted molar refractivity (Wildman–Crippen MR) is 48.3 cm³/mol. The Kier molecular flexibility index (Phi) is 5.55. The van der Waals surface area contributed by atoms with Gasteiger partial charge in [-0.1, -0.05) is 24.8 Å². The molecule has 0 unspecified atom stereocenters. The van der Waals surface area contributed by atoms with Crippen molar-refractivity contribution in [3.8, 4) is 0 Å². The van der Waals surface area contributed by atoms with Crippen LogP contribution in [0.15, 0.2) is 36.5 Å². The molecule has 66 valence electrons. The van der Waals surface area contributed by atoms with Gasteiger partial charge in [0.05, 0.1) is 0 Å². The molecule has 12 heavy (non-hydrogen) atoms. The smallest absolute Gasteiger partial charge is 0.222 e. The number of nitro groups is 1. The van der Waals surface area contributed by atoms with Crippen LogP contribution in [0, 0.1) is 10.1 Å². The first-order chi connectivity index (χ1) is 5.70. The summed E-state index contributed by atoms with van der Waals surface area (Å²) < 4.78 is 0. The molecule has 0 amide bonds. The number of hydrogen-bond donors (Lipinski definition) is 1. The van der Waals surface area contributed by atoms with Gasteiger partial charge in [-0.25, -0.2) is 0 Å². The molecule has 0 aliphatic rings. The summed E-state index contributed by atoms with van der Waals surface area (Å²) in [7, 11) is 0. The summed E-state index contributed by atoms with van der Waals surface area (Å²) in [6.07, 6.45) is 6.40. The zero-order valence-corrected chi connectivity index (χ0v) is 6.77. The van der Waals surface area contributed by atoms with Crippen LogP contribution >= 0.6 is 0 Å². The maximum atomic E-state index is 9.91. The van der Waals surface area contributed by atoms with Crippen LogP contribution in [0.1, 0.15) is 0 Å². The Balaban J connectivity index is 4.01. The first kappa shape index (κ1) is 10.6. The van der Waals surface area contributed by atoms with Crippen LogP contribution in [0.3, 0.4) is 0 Å². The lowest BCUT2D eigenvalue weighted by molar-refractivity contribution is -0.468. The third kappa shape index (κ3) is 5.37. The highest BCUT2D eigenvalue weighted by molar-refractivity contribution is 5.23. The molecule has 0 atom stereocenters. The lowest BCUT2D eigenvalue weighted by Gasteiger charge is -1.92. The fourth-order valence-electron chi connectivity index (χ4n) is 0.633. The van der Waals surface area contributed by atoms with Gasteiger partial charge in [-0.05, 0) is 11.6 Å². The monoisotopic (exact) mass is 168 g/mol. The second-order valence-electron chi connectivity index (χ2n) is 2.10. The molecule has 0 aromatic rings. The number of allylic oxidation sites excluding steroid dienone is 2. The van der Waals surface area contributed by atoms with Crippen molar-refractivity contribution >= 4 is 0 Å². The molecule has 0 saturated carbocycles. The van der Waals surface area contributed by atoms with Crippen molar-refractivity contribution in [2.45, 2.75) is 0 Å². The lowest BCUT2D eigenvalue weighted by atomic mass is 10.2. The number of nitrogens with two attached hydrogens (primary N) is 1. The third-order valence-corrected chi connectivity index (χ3v) is 1.15. The molecule has 2 N–H and O–H groups in total. The van der Waals surface area contributed by atoms with Gasteiger partial charge in [0, 0.05) is 11.5 Å². The number of hydrogen-bond acceptors (Lipinski definition) is 3. The van der Waals surface area contributed by atoms with E-state index in [9.17, 15) is 10.1 Å². The van der Waals surface area contributed by atoms with E-state index < -0.39 is 4.92 Å². The summed E-state index contributed by atoms with van der Waals surface area (Å²) in [4.78, 5) is 9.51. The Bertz CT molecular complexity index is 219. The maximum absolute atomic E-state index is 9.91. The molecule has 0 saturated heterocycles. The van der Waals surface area contributed by atoms with E-state index in [0.29, 0.717) is 6.54 Å². The molecule has 0 aliphatic carbocycles. The second kappa shape index (κ2) is 6.30. The molecule has 0 aliphatic heterocycles. The Hall–Kier alpha value is -1.42. The highest BCUT2D eigenvalue weighted by Crippen LogP contribution is 1.93. The molecule has 0 rings (SSSR count). The van der Waals surface area contributed by atoms with Crippen molar-refractivity contribution in [1.82, 2.24) is 0 Å². The summed E-state index contributed by atoms with van der Waals surface area (Å²) in [6, 6.07) is 0. The van der Waals surface area contributed by atoms with Crippen LogP contribution < -0.4 is 5.73 Å². The van der Waals surface area contributed by atoms with E-state index in [0.717, 1.165) is 5.57 Å². The van der Waals surface area contributed by atoms with Crippen molar-refractivity contribution in [1.29, 1.82) is 0 Å². The zero-order valence-electron chi connectivity index (χ0n) is 6.77. The van der Waals surface area contributed by atoms with Gasteiger partial charge in [0.25, 0.3) is 0 Å². The van der Waals surface area contributed by atoms with E-state index in [2.05, 4.69) is 6.58 Å². The van der Waals surface area contributed by atoms with E-state index in [1.165, 1.54) is 6.08 Å². The molecule has 0 aromatic carbocycles. The quantitative estimate of drug-likeness (QED) is 0.376. The molecule has 0 heterocycles. The molecular formula is C8H12N2O2. The normalized spacial score (nSPS) is 11.9. The summed E-state index contributed by atoms with van der Waals surface area (Å²) in [5.74, 6) is 0. The summed E-state index contributed by atoms with van der Waals surface area (Å²) in [5.41, 5.74) is 6.16. The molecule has 0 radical (unpaired) electrons. The van der Waals surface area contributed by atoms with Crippen molar-refractivity contribution < 1.29 is 4.92 Å². The standard InChI is InChI=1S/C8H12N2O2/c1-2-4-8(7-9)5-3-6-10(11)12/h2-5H,1,6-7,9H2/b5-3-,8-4+. The molecule has 0 spiro atoms. The average Bonchev–Trinajstić information content (AvgIpc) is 2.02. The van der Waals surface area contributed by atoms with Gasteiger partial charge in [0.1, 0.15) is 0 Å². The van der Waals surface area contributed by atoms with Crippen LogP contribution in [0.25, 0.3) is 0 Å². The predicted octanol–water partition coefficient (Wildman–Crippen LogP) is 0.890. The second-order valence-corrected chi connectivity index (χ2v) is 2.10. The van der Waals surface area contributed by atoms with Gasteiger partial charge in [0.15, 0.2) is 0 Å². The minimum atomic E-state index is -0.404. The Morgan fingerprint density at radius 3 is 2.75 bits per heavy atom. The summed E-state index contributed by atoms with van der Waals surface area (Å²) in [6.45, 7) is 3.68. The van der Waals surface area contributed by atoms with E-state index in [1.807, 2.05) is 0 Å². The molecule has 0 bridgehead atoms. The Morgan fingerprint density at radius 1 is 1.67 bits per heavy atom. The van der Waals surface area contributed by atoms with E-state index >= 15 is 0 Å². The van der Waals surface area contributed by atoms with Crippen LogP contribution in [-0.4, -0.2) is 18.0 Å². The van der Waals surface area contributed by atoms with Crippen LogP contribution in [0.5, 0.6) is 0 Å². The topological polar surface area (TPSA) is 69.2 Å². The number of nitrogens with zero attached hydrogens (tertiary/aromatic N) is 1. The minimum Gasteiger partial charge on any atom is -0.326 e. The van der Waals surface area contributed by atoms with Gasteiger partial charge >= 0.3 is 0 Å². The van der Waals surface area contributed by atoms with Gasteiger partial charge < -0.3 is 5.73 Å². The van der Waals surface area contributed by atoms with E-state index in [-0.39, 0.29) is 6.54 Å². The summed E-state index contributed by atoms with van der Waals surface area (Å²) in [5, 5.41) is 9.91. The van der Waals surface area contributed by atoms with Crippen molar-refractivity contribution in [3.05, 3.63) is 46.6 Å². The Labute approximate surface area is 71.2 Å². The molecule has 4 nitrogen and oxygen atoms in total. The molecular weight excluding hydrogens is 156 g/mol. The summed E-state index contributed by atoms with van der Waals surface area (Å²) >= 11 is 0. The SMILES string of the molecule is C=C/C=C(\C=C/C[N+](=O)[O-])CN. The third-order valence-electron chi connectivity index (χ3n) is 1.15. The van der Waals surface area contributed by atoms with Gasteiger partial charge in [-0.3, -0.25) is 10.1 Å². The first-order valence-electron chi connectivity index (χ1n) is 3.50. The van der Waals surface area contributed by atoms with Gasteiger partial charge in [0.2, 0.25) is 6.54 Å². The van der Waals surface area contributed by atoms with Crippen LogP contribution in [0.2, 0.25) is 0 Å². The van der Waals surface area contributed by atoms with Crippen LogP contribution in [-0.2, 0) is 0 Å². The fourth-order valence-corrected chi connectivity index (χ4v) is 0.633. The Morgan fingerprint density at radius 2 is 2.33 bits per heavy atom. The number of rotatable bonds is 5. The molecule has 4 heteroatoms. The fraction of sp³-hybridized carbons (Fsp3) is 0.250. The minimum absolute atomic E-state index is 0.172. The average molecular weight is 168 g/mol. The highest BCUT2D eigenvalue weighted by Gasteiger charge is 1.89. The van der Waals surface area contributed by atoms with Crippen molar-refractivity contribution in [3.63, 3.8) is 0 Å². The van der Waals surface area contributed by atoms with Gasteiger partial charge in [-0.15, -0.1) is 0 Å². The van der Waals surface area contributed by atoms with Crippen molar-refractivity contribution in [2.75, 3.05) is 13.1 Å². The lowest BCUT2D eigenvalue weighted by Crippen LogP contribution is -2.02. The molecule has 0 aromatic heterocycles. The first-order valence-corrected chi connectivity index (χ1v) is 3.50. The van der Waals surface area contributed by atoms with Crippen molar-refractivity contribution in [2.24, 2.45) is 5.73 Å². The van der Waals surface area contributed by atoms with E-state index in [4.69, 9.17) is 5.73 Å². The van der Waals surface area contributed by atoms with Gasteiger partial charge in [-0.2, -0.15) is 0 Å². The van der Waals surface area contributed by atoms with E-state index in [1.54, 1.807) is 18.2 Å². The zero-order chi connectivity index (χ0) is 9.40.